The maximum atomic E-state index is 4.05. The van der Waals surface area contributed by atoms with Crippen LogP contribution in [0.5, 0.6) is 0 Å². The zero-order chi connectivity index (χ0) is 14.8. The quantitative estimate of drug-likeness (QED) is 0.289. The summed E-state index contributed by atoms with van der Waals surface area (Å²) in [5.74, 6) is 0. The van der Waals surface area contributed by atoms with Crippen molar-refractivity contribution in [2.24, 2.45) is 0 Å². The van der Waals surface area contributed by atoms with Crippen LogP contribution in [-0.2, 0) is 0 Å². The molecule has 0 aliphatic carbocycles. The van der Waals surface area contributed by atoms with E-state index in [1.807, 2.05) is 23.6 Å². The van der Waals surface area contributed by atoms with Gasteiger partial charge in [0.05, 0.1) is 10.8 Å². The molecule has 2 aromatic heterocycles. The fourth-order valence-electron chi connectivity index (χ4n) is 3.74. The Hall–Kier alpha value is -1.72. The monoisotopic (exact) mass is 427 g/mol. The summed E-state index contributed by atoms with van der Waals surface area (Å²) in [5, 5.41) is 6.71. The first-order valence-corrected chi connectivity index (χ1v) is 8.24. The highest BCUT2D eigenvalue weighted by molar-refractivity contribution is 7.26. The average Bonchev–Trinajstić information content (AvgIpc) is 2.91. The van der Waals surface area contributed by atoms with E-state index in [1.54, 1.807) is 0 Å². The summed E-state index contributed by atoms with van der Waals surface area (Å²) >= 11 is 1.89. The van der Waals surface area contributed by atoms with Crippen molar-refractivity contribution in [2.75, 3.05) is 0 Å². The lowest BCUT2D eigenvalue weighted by Gasteiger charge is -2.09. The number of H-pyrrole nitrogens is 1. The molecule has 0 unspecified atom stereocenters. The molecule has 0 spiro atoms. The first-order valence-electron chi connectivity index (χ1n) is 7.42. The van der Waals surface area contributed by atoms with Crippen LogP contribution in [0.4, 0.5) is 0 Å². The third-order valence-electron chi connectivity index (χ3n) is 4.63. The molecule has 3 heteroatoms. The molecule has 23 heavy (non-hydrogen) atoms. The van der Waals surface area contributed by atoms with Crippen molar-refractivity contribution in [3.05, 3.63) is 60.3 Å². The smallest absolute Gasteiger partial charge is 0.220 e. The number of aromatic nitrogens is 1. The molecule has 5 rings (SSSR count). The standard InChI is InChI=1S/C20H13NS.HI/c1-3-12-11(2)10-16-19-17-13(6-4-8-15(17)22-16)14-7-5-9-21-20(14)18(12)19;/h3-10H,1H2,2H3;1H. The molecule has 1 nitrogen and oxygen atoms in total. The van der Waals surface area contributed by atoms with E-state index in [0.29, 0.717) is 0 Å². The van der Waals surface area contributed by atoms with Crippen molar-refractivity contribution in [3.63, 3.8) is 0 Å². The van der Waals surface area contributed by atoms with Gasteiger partial charge < -0.3 is 24.0 Å². The normalized spacial score (nSPS) is 11.5. The van der Waals surface area contributed by atoms with Crippen molar-refractivity contribution in [2.45, 2.75) is 6.92 Å². The van der Waals surface area contributed by atoms with Crippen LogP contribution in [0, 0.1) is 6.92 Å². The van der Waals surface area contributed by atoms with Crippen LogP contribution in [0.15, 0.2) is 49.2 Å². The molecule has 0 saturated heterocycles. The summed E-state index contributed by atoms with van der Waals surface area (Å²) < 4.78 is 2.73. The highest BCUT2D eigenvalue weighted by atomic mass is 127. The number of benzene rings is 3. The maximum absolute atomic E-state index is 4.05. The third-order valence-corrected chi connectivity index (χ3v) is 5.74. The molecule has 0 bridgehead atoms. The summed E-state index contributed by atoms with van der Waals surface area (Å²) in [6.45, 7) is 6.23. The van der Waals surface area contributed by atoms with Gasteiger partial charge in [0.15, 0.2) is 6.20 Å². The Labute approximate surface area is 155 Å². The molecular weight excluding hydrogens is 413 g/mol. The van der Waals surface area contributed by atoms with Crippen molar-refractivity contribution in [1.82, 2.24) is 0 Å². The van der Waals surface area contributed by atoms with Crippen molar-refractivity contribution in [3.8, 4) is 0 Å². The first-order chi connectivity index (χ1) is 10.8. The van der Waals surface area contributed by atoms with Gasteiger partial charge in [-0.15, -0.1) is 11.3 Å². The van der Waals surface area contributed by atoms with Gasteiger partial charge in [0.2, 0.25) is 5.52 Å². The van der Waals surface area contributed by atoms with Crippen LogP contribution in [0.25, 0.3) is 47.9 Å². The van der Waals surface area contributed by atoms with Gasteiger partial charge in [-0.25, -0.2) is 4.98 Å². The van der Waals surface area contributed by atoms with E-state index in [4.69, 9.17) is 0 Å². The molecule has 112 valence electrons. The molecule has 1 N–H and O–H groups in total. The van der Waals surface area contributed by atoms with Crippen LogP contribution in [0.1, 0.15) is 11.1 Å². The van der Waals surface area contributed by atoms with E-state index < -0.39 is 0 Å². The summed E-state index contributed by atoms with van der Waals surface area (Å²) in [5.41, 5.74) is 3.74. The fraction of sp³-hybridized carbons (Fsp3) is 0.0500. The SMILES string of the molecule is C=Cc1c(C)cc2sc3cccc4c5ccc[nH+]c5c1c2c34.[I-]. The van der Waals surface area contributed by atoms with E-state index in [2.05, 4.69) is 54.9 Å². The molecular formula is C20H14INS. The van der Waals surface area contributed by atoms with Crippen LogP contribution >= 0.6 is 11.3 Å². The largest absolute Gasteiger partial charge is 1.00 e. The number of hydrogen-bond acceptors (Lipinski definition) is 1. The zero-order valence-electron chi connectivity index (χ0n) is 12.6. The van der Waals surface area contributed by atoms with Gasteiger partial charge in [-0.05, 0) is 41.6 Å². The Kier molecular flexibility index (Phi) is 3.32. The van der Waals surface area contributed by atoms with E-state index in [0.717, 1.165) is 0 Å². The predicted octanol–water partition coefficient (Wildman–Crippen LogP) is 2.57. The van der Waals surface area contributed by atoms with Gasteiger partial charge in [0.1, 0.15) is 0 Å². The van der Waals surface area contributed by atoms with Crippen molar-refractivity contribution >= 4 is 59.3 Å². The fourth-order valence-corrected chi connectivity index (χ4v) is 4.98. The lowest BCUT2D eigenvalue weighted by Crippen LogP contribution is -3.00. The van der Waals surface area contributed by atoms with E-state index in [-0.39, 0.29) is 24.0 Å². The highest BCUT2D eigenvalue weighted by Crippen LogP contribution is 2.45. The summed E-state index contributed by atoms with van der Waals surface area (Å²) in [6.07, 6.45) is 4.00. The van der Waals surface area contributed by atoms with Crippen LogP contribution < -0.4 is 29.0 Å². The topological polar surface area (TPSA) is 14.1 Å². The lowest BCUT2D eigenvalue weighted by molar-refractivity contribution is -0.343. The van der Waals surface area contributed by atoms with E-state index in [9.17, 15) is 0 Å². The van der Waals surface area contributed by atoms with Crippen molar-refractivity contribution < 1.29 is 29.0 Å². The highest BCUT2D eigenvalue weighted by Gasteiger charge is 2.21. The molecule has 0 aliphatic rings. The van der Waals surface area contributed by atoms with Gasteiger partial charge in [0.25, 0.3) is 0 Å². The Morgan fingerprint density at radius 3 is 2.65 bits per heavy atom. The first kappa shape index (κ1) is 14.8. The summed E-state index contributed by atoms with van der Waals surface area (Å²) in [4.78, 5) is 3.48. The van der Waals surface area contributed by atoms with Crippen LogP contribution in [-0.4, -0.2) is 0 Å². The number of hydrogen-bond donors (Lipinski definition) is 0. The Morgan fingerprint density at radius 1 is 1.00 bits per heavy atom. The van der Waals surface area contributed by atoms with Crippen LogP contribution in [0.3, 0.4) is 0 Å². The van der Waals surface area contributed by atoms with E-state index >= 15 is 0 Å². The number of nitrogens with one attached hydrogen (secondary N) is 1. The Balaban J connectivity index is 0.00000135. The number of aryl methyl sites for hydroxylation is 1. The number of halogens is 1. The second-order valence-corrected chi connectivity index (χ2v) is 6.88. The number of thiophene rings is 1. The molecule has 0 aliphatic heterocycles. The van der Waals surface area contributed by atoms with Gasteiger partial charge in [-0.1, -0.05) is 24.8 Å². The zero-order valence-corrected chi connectivity index (χ0v) is 15.6. The molecule has 0 radical (unpaired) electrons. The summed E-state index contributed by atoms with van der Waals surface area (Å²) in [7, 11) is 0. The maximum Gasteiger partial charge on any atom is 0.220 e. The molecule has 0 atom stereocenters. The number of fused-ring (bicyclic) bond motifs is 3. The number of rotatable bonds is 1. The molecule has 0 amide bonds. The Bertz CT molecular complexity index is 1200. The predicted molar refractivity (Wildman–Crippen MR) is 96.9 cm³/mol. The van der Waals surface area contributed by atoms with Crippen molar-refractivity contribution in [1.29, 1.82) is 0 Å². The molecule has 5 aromatic rings. The molecule has 0 saturated carbocycles. The van der Waals surface area contributed by atoms with Gasteiger partial charge in [-0.3, -0.25) is 0 Å². The molecule has 0 fully saturated rings. The average molecular weight is 427 g/mol. The molecule has 3 aromatic carbocycles. The molecule has 2 heterocycles. The van der Waals surface area contributed by atoms with Gasteiger partial charge in [0, 0.05) is 26.2 Å². The minimum absolute atomic E-state index is 0. The second kappa shape index (κ2) is 5.14. The third kappa shape index (κ3) is 1.80. The lowest BCUT2D eigenvalue weighted by atomic mass is 9.92. The Morgan fingerprint density at radius 2 is 1.83 bits per heavy atom. The summed E-state index contributed by atoms with van der Waals surface area (Å²) in [6, 6.07) is 13.2. The second-order valence-electron chi connectivity index (χ2n) is 5.80. The number of aromatic amines is 1. The minimum Gasteiger partial charge on any atom is -1.00 e. The van der Waals surface area contributed by atoms with Crippen LogP contribution in [0.2, 0.25) is 0 Å². The van der Waals surface area contributed by atoms with Gasteiger partial charge >= 0.3 is 0 Å². The van der Waals surface area contributed by atoms with E-state index in [1.165, 1.54) is 53.0 Å². The number of pyridine rings is 1. The van der Waals surface area contributed by atoms with Gasteiger partial charge in [-0.2, -0.15) is 0 Å². The minimum atomic E-state index is 0.